The van der Waals surface area contributed by atoms with E-state index in [0.717, 1.165) is 5.56 Å². The first-order chi connectivity index (χ1) is 20.3. The Labute approximate surface area is 243 Å². The van der Waals surface area contributed by atoms with Crippen LogP contribution in [-0.2, 0) is 12.0 Å². The van der Waals surface area contributed by atoms with Gasteiger partial charge in [-0.25, -0.2) is 13.2 Å². The first kappa shape index (κ1) is 28.1. The van der Waals surface area contributed by atoms with Crippen LogP contribution in [0.1, 0.15) is 35.6 Å². The zero-order valence-electron chi connectivity index (χ0n) is 23.3. The number of hydrogen-bond donors (Lipinski definition) is 2. The van der Waals surface area contributed by atoms with Crippen molar-refractivity contribution in [1.82, 2.24) is 4.90 Å². The molecule has 0 unspecified atom stereocenters. The molecule has 0 spiro atoms. The number of fused-ring (bicyclic) bond motifs is 1. The summed E-state index contributed by atoms with van der Waals surface area (Å²) in [6.45, 7) is 3.60. The van der Waals surface area contributed by atoms with Crippen molar-refractivity contribution in [2.75, 3.05) is 36.5 Å². The van der Waals surface area contributed by atoms with Crippen LogP contribution < -0.4 is 10.2 Å². The Morgan fingerprint density at radius 1 is 0.905 bits per heavy atom. The summed E-state index contributed by atoms with van der Waals surface area (Å²) in [6, 6.07) is 22.3. The summed E-state index contributed by atoms with van der Waals surface area (Å²) in [5, 5.41) is 13.8. The molecule has 8 heteroatoms. The highest BCUT2D eigenvalue weighted by Gasteiger charge is 2.51. The van der Waals surface area contributed by atoms with Crippen LogP contribution in [0.3, 0.4) is 0 Å². The smallest absolute Gasteiger partial charge is 0.134 e. The summed E-state index contributed by atoms with van der Waals surface area (Å²) in [5.41, 5.74) is 1.28. The number of likely N-dealkylation sites (tertiary alicyclic amines) is 1. The fraction of sp³-hybridized carbons (Fsp3) is 0.294. The highest BCUT2D eigenvalue weighted by atomic mass is 19.1. The molecule has 6 rings (SSSR count). The second-order valence-corrected chi connectivity index (χ2v) is 11.3. The minimum absolute atomic E-state index is 0.000402. The molecule has 2 atom stereocenters. The number of phenols is 1. The van der Waals surface area contributed by atoms with E-state index in [1.54, 1.807) is 24.3 Å². The van der Waals surface area contributed by atoms with Crippen molar-refractivity contribution in [2.24, 2.45) is 0 Å². The maximum atomic E-state index is 16.6. The molecule has 1 fully saturated rings. The van der Waals surface area contributed by atoms with E-state index in [1.165, 1.54) is 36.4 Å². The molecule has 0 amide bonds. The van der Waals surface area contributed by atoms with Gasteiger partial charge < -0.3 is 15.3 Å². The minimum atomic E-state index is -1.53. The Morgan fingerprint density at radius 2 is 1.62 bits per heavy atom. The highest BCUT2D eigenvalue weighted by Crippen LogP contribution is 2.52. The monoisotopic (exact) mass is 575 g/mol. The third kappa shape index (κ3) is 4.87. The molecule has 0 aliphatic carbocycles. The van der Waals surface area contributed by atoms with Gasteiger partial charge in [-0.1, -0.05) is 36.4 Å². The van der Waals surface area contributed by atoms with Gasteiger partial charge in [0.2, 0.25) is 0 Å². The van der Waals surface area contributed by atoms with E-state index in [-0.39, 0.29) is 30.1 Å². The molecule has 4 aromatic carbocycles. The van der Waals surface area contributed by atoms with Crippen LogP contribution in [0.15, 0.2) is 84.9 Å². The van der Waals surface area contributed by atoms with Gasteiger partial charge in [0.1, 0.15) is 28.7 Å². The summed E-state index contributed by atoms with van der Waals surface area (Å²) in [7, 11) is 0. The van der Waals surface area contributed by atoms with Gasteiger partial charge in [-0.2, -0.15) is 0 Å². The van der Waals surface area contributed by atoms with Crippen LogP contribution in [0.4, 0.5) is 28.9 Å². The molecule has 42 heavy (non-hydrogen) atoms. The number of anilines is 2. The number of aromatic hydroxyl groups is 1. The van der Waals surface area contributed by atoms with Crippen molar-refractivity contribution in [1.29, 1.82) is 0 Å². The maximum absolute atomic E-state index is 16.6. The lowest BCUT2D eigenvalue weighted by molar-refractivity contribution is 0.155. The standard InChI is InChI=1S/C34H33F4N3O/c1-22-16-23-6-2-3-9-30(23)34(24-7-4-8-29(42)17-24,41(22)28-12-10-25(36)11-13-28)33-31(37)18-26(19-32(33)38)39-27-20-40(21-27)15-5-14-35/h2-4,6-13,17-19,22,27,39,42H,5,14-16,20-21H2,1H3/t22-,34+/m1/s1. The molecule has 218 valence electrons. The molecule has 2 aliphatic heterocycles. The minimum Gasteiger partial charge on any atom is -0.508 e. The van der Waals surface area contributed by atoms with Crippen LogP contribution in [0, 0.1) is 17.5 Å². The Morgan fingerprint density at radius 3 is 2.31 bits per heavy atom. The summed E-state index contributed by atoms with van der Waals surface area (Å²) in [4.78, 5) is 4.03. The largest absolute Gasteiger partial charge is 0.508 e. The summed E-state index contributed by atoms with van der Waals surface area (Å²) >= 11 is 0. The predicted molar refractivity (Wildman–Crippen MR) is 157 cm³/mol. The molecule has 1 saturated heterocycles. The normalized spacial score (nSPS) is 20.7. The van der Waals surface area contributed by atoms with Gasteiger partial charge in [0.05, 0.1) is 18.3 Å². The zero-order valence-corrected chi connectivity index (χ0v) is 23.3. The van der Waals surface area contributed by atoms with E-state index in [4.69, 9.17) is 0 Å². The van der Waals surface area contributed by atoms with Gasteiger partial charge in [0, 0.05) is 37.1 Å². The third-order valence-corrected chi connectivity index (χ3v) is 8.43. The number of nitrogens with one attached hydrogen (secondary N) is 1. The van der Waals surface area contributed by atoms with E-state index in [0.29, 0.717) is 55.0 Å². The maximum Gasteiger partial charge on any atom is 0.134 e. The van der Waals surface area contributed by atoms with Gasteiger partial charge >= 0.3 is 0 Å². The lowest BCUT2D eigenvalue weighted by atomic mass is 9.69. The zero-order chi connectivity index (χ0) is 29.4. The van der Waals surface area contributed by atoms with Gasteiger partial charge in [-0.15, -0.1) is 0 Å². The Kier molecular flexibility index (Phi) is 7.58. The van der Waals surface area contributed by atoms with Gasteiger partial charge in [0.15, 0.2) is 0 Å². The lowest BCUT2D eigenvalue weighted by Crippen LogP contribution is -2.57. The average molecular weight is 576 g/mol. The second-order valence-electron chi connectivity index (χ2n) is 11.3. The van der Waals surface area contributed by atoms with Crippen LogP contribution in [0.25, 0.3) is 0 Å². The Bertz CT molecular complexity index is 1550. The van der Waals surface area contributed by atoms with Crippen molar-refractivity contribution < 1.29 is 22.7 Å². The number of rotatable bonds is 8. The molecule has 4 nitrogen and oxygen atoms in total. The number of nitrogens with zero attached hydrogens (tertiary/aromatic N) is 2. The molecule has 2 heterocycles. The molecular formula is C34H33F4N3O. The SMILES string of the molecule is C[C@@H]1Cc2ccccc2[C@@](c2cccc(O)c2)(c2c(F)cc(NC3CN(CCCF)C3)cc2F)N1c1ccc(F)cc1. The number of hydrogen-bond acceptors (Lipinski definition) is 4. The summed E-state index contributed by atoms with van der Waals surface area (Å²) in [5.74, 6) is -1.95. The topological polar surface area (TPSA) is 38.7 Å². The van der Waals surface area contributed by atoms with Gasteiger partial charge in [0.25, 0.3) is 0 Å². The van der Waals surface area contributed by atoms with Gasteiger partial charge in [-0.3, -0.25) is 9.29 Å². The summed E-state index contributed by atoms with van der Waals surface area (Å²) in [6.07, 6.45) is 1.06. The van der Waals surface area contributed by atoms with Crippen LogP contribution in [0.2, 0.25) is 0 Å². The molecular weight excluding hydrogens is 542 g/mol. The van der Waals surface area contributed by atoms with Crippen molar-refractivity contribution >= 4 is 11.4 Å². The van der Waals surface area contributed by atoms with Crippen molar-refractivity contribution in [3.8, 4) is 5.75 Å². The fourth-order valence-electron chi connectivity index (χ4n) is 6.76. The van der Waals surface area contributed by atoms with Crippen LogP contribution >= 0.6 is 0 Å². The molecule has 2 N–H and O–H groups in total. The highest BCUT2D eigenvalue weighted by molar-refractivity contribution is 5.68. The van der Waals surface area contributed by atoms with E-state index in [2.05, 4.69) is 10.2 Å². The lowest BCUT2D eigenvalue weighted by Gasteiger charge is -2.53. The summed E-state index contributed by atoms with van der Waals surface area (Å²) < 4.78 is 59.9. The van der Waals surface area contributed by atoms with E-state index in [1.807, 2.05) is 36.1 Å². The third-order valence-electron chi connectivity index (χ3n) is 8.43. The number of alkyl halides is 1. The van der Waals surface area contributed by atoms with E-state index in [9.17, 15) is 13.9 Å². The Balaban J connectivity index is 1.54. The number of halogens is 4. The van der Waals surface area contributed by atoms with E-state index < -0.39 is 23.0 Å². The molecule has 4 aromatic rings. The van der Waals surface area contributed by atoms with E-state index >= 15 is 8.78 Å². The van der Waals surface area contributed by atoms with Crippen LogP contribution in [0.5, 0.6) is 5.75 Å². The molecule has 0 aromatic heterocycles. The van der Waals surface area contributed by atoms with Crippen molar-refractivity contribution in [2.45, 2.75) is 37.4 Å². The quantitative estimate of drug-likeness (QED) is 0.222. The predicted octanol–water partition coefficient (Wildman–Crippen LogP) is 7.01. The molecule has 0 bridgehead atoms. The number of phenolic OH excluding ortho intramolecular Hbond substituents is 1. The van der Waals surface area contributed by atoms with Crippen LogP contribution in [-0.4, -0.2) is 48.4 Å². The van der Waals surface area contributed by atoms with Gasteiger partial charge in [-0.05, 0) is 85.0 Å². The first-order valence-electron chi connectivity index (χ1n) is 14.3. The molecule has 0 radical (unpaired) electrons. The molecule has 0 saturated carbocycles. The average Bonchev–Trinajstić information content (AvgIpc) is 2.94. The number of benzene rings is 4. The Hall–Kier alpha value is -4.04. The second kappa shape index (κ2) is 11.3. The van der Waals surface area contributed by atoms with Crippen molar-refractivity contribution in [3.05, 3.63) is 125 Å². The molecule has 2 aliphatic rings. The first-order valence-corrected chi connectivity index (χ1v) is 14.3. The van der Waals surface area contributed by atoms with Crippen molar-refractivity contribution in [3.63, 3.8) is 0 Å². The fourth-order valence-corrected chi connectivity index (χ4v) is 6.76.